The molecule has 0 bridgehead atoms. The highest BCUT2D eigenvalue weighted by molar-refractivity contribution is 5.93. The molecule has 0 atom stereocenters. The Hall–Kier alpha value is -2.75. The first-order valence-corrected chi connectivity index (χ1v) is 8.51. The quantitative estimate of drug-likeness (QED) is 0.706. The van der Waals surface area contributed by atoms with Gasteiger partial charge in [0.15, 0.2) is 0 Å². The lowest BCUT2D eigenvalue weighted by molar-refractivity contribution is -0.135. The molecule has 1 amide bonds. The number of nitrogens with zero attached hydrogens (tertiary/aromatic N) is 2. The van der Waals surface area contributed by atoms with Crippen molar-refractivity contribution in [2.75, 3.05) is 24.7 Å². The van der Waals surface area contributed by atoms with Crippen LogP contribution in [-0.2, 0) is 9.53 Å². The lowest BCUT2D eigenvalue weighted by atomic mass is 9.98. The van der Waals surface area contributed by atoms with Crippen LogP contribution in [0.1, 0.15) is 46.1 Å². The predicted molar refractivity (Wildman–Crippen MR) is 97.3 cm³/mol. The number of unbranched alkanes of at least 4 members (excludes halogenated alkanes) is 1. The fourth-order valence-corrected chi connectivity index (χ4v) is 1.97. The third-order valence-corrected chi connectivity index (χ3v) is 3.29. The van der Waals surface area contributed by atoms with Gasteiger partial charge in [-0.1, -0.05) is 34.1 Å². The minimum atomic E-state index is -1.18. The van der Waals surface area contributed by atoms with Crippen LogP contribution in [0.2, 0.25) is 0 Å². The van der Waals surface area contributed by atoms with E-state index in [1.54, 1.807) is 12.1 Å². The van der Waals surface area contributed by atoms with Gasteiger partial charge in [0.05, 0.1) is 18.8 Å². The largest absolute Gasteiger partial charge is 0.492 e. The summed E-state index contributed by atoms with van der Waals surface area (Å²) in [6.45, 7) is 8.05. The second kappa shape index (κ2) is 9.66. The van der Waals surface area contributed by atoms with E-state index < -0.39 is 18.6 Å². The average Bonchev–Trinajstić information content (AvgIpc) is 2.57. The molecule has 142 valence electrons. The van der Waals surface area contributed by atoms with E-state index in [1.165, 1.54) is 6.07 Å². The fourth-order valence-electron chi connectivity index (χ4n) is 1.97. The second-order valence-corrected chi connectivity index (χ2v) is 7.09. The highest BCUT2D eigenvalue weighted by Gasteiger charge is 2.22. The Kier molecular flexibility index (Phi) is 7.91. The van der Waals surface area contributed by atoms with Gasteiger partial charge in [-0.15, -0.1) is 0 Å². The Morgan fingerprint density at radius 1 is 1.31 bits per heavy atom. The lowest BCUT2D eigenvalue weighted by Crippen LogP contribution is -2.36. The molecule has 1 aromatic carbocycles. The van der Waals surface area contributed by atoms with Crippen LogP contribution >= 0.6 is 0 Å². The average molecular weight is 362 g/mol. The smallest absolute Gasteiger partial charge is 0.414 e. The Morgan fingerprint density at radius 2 is 2.00 bits per heavy atom. The van der Waals surface area contributed by atoms with Crippen LogP contribution in [0.15, 0.2) is 18.2 Å². The molecule has 0 aliphatic heterocycles. The first-order valence-electron chi connectivity index (χ1n) is 8.51. The van der Waals surface area contributed by atoms with Gasteiger partial charge in [-0.05, 0) is 30.0 Å². The van der Waals surface area contributed by atoms with E-state index >= 15 is 0 Å². The molecule has 0 radical (unpaired) electrons. The molecule has 1 N–H and O–H groups in total. The van der Waals surface area contributed by atoms with Gasteiger partial charge < -0.3 is 14.6 Å². The first kappa shape index (κ1) is 21.3. The summed E-state index contributed by atoms with van der Waals surface area (Å²) in [5.74, 6) is -0.787. The number of benzene rings is 1. The number of carboxylic acid groups (broad SMARTS) is 1. The topological polar surface area (TPSA) is 99.9 Å². The number of nitriles is 1. The van der Waals surface area contributed by atoms with Gasteiger partial charge in [0.2, 0.25) is 0 Å². The third kappa shape index (κ3) is 7.01. The number of carboxylic acids is 1. The SMILES string of the molecule is CCCCOC(=O)N(CC(=O)O)c1ccc(OCC(C)(C)C)c(C#N)c1. The van der Waals surface area contributed by atoms with Gasteiger partial charge in [-0.3, -0.25) is 9.69 Å². The van der Waals surface area contributed by atoms with Crippen molar-refractivity contribution in [3.8, 4) is 11.8 Å². The van der Waals surface area contributed by atoms with Crippen molar-refractivity contribution in [1.82, 2.24) is 0 Å². The normalized spacial score (nSPS) is 10.7. The monoisotopic (exact) mass is 362 g/mol. The molecule has 0 heterocycles. The van der Waals surface area contributed by atoms with Crippen LogP contribution in [0.5, 0.6) is 5.75 Å². The maximum Gasteiger partial charge on any atom is 0.414 e. The summed E-state index contributed by atoms with van der Waals surface area (Å²) in [6.07, 6.45) is 0.786. The number of anilines is 1. The number of hydrogen-bond donors (Lipinski definition) is 1. The van der Waals surface area contributed by atoms with Crippen molar-refractivity contribution in [2.24, 2.45) is 5.41 Å². The molecular weight excluding hydrogens is 336 g/mol. The number of ether oxygens (including phenoxy) is 2. The van der Waals surface area contributed by atoms with Gasteiger partial charge in [0, 0.05) is 5.69 Å². The number of rotatable bonds is 8. The van der Waals surface area contributed by atoms with Crippen LogP contribution in [0, 0.1) is 16.7 Å². The summed E-state index contributed by atoms with van der Waals surface area (Å²) < 4.78 is 10.8. The van der Waals surface area contributed by atoms with Gasteiger partial charge in [-0.25, -0.2) is 4.79 Å². The van der Waals surface area contributed by atoms with Crippen LogP contribution in [0.3, 0.4) is 0 Å². The van der Waals surface area contributed by atoms with E-state index in [1.807, 2.05) is 33.8 Å². The summed E-state index contributed by atoms with van der Waals surface area (Å²) in [4.78, 5) is 24.3. The molecule has 0 saturated carbocycles. The summed E-state index contributed by atoms with van der Waals surface area (Å²) in [6, 6.07) is 6.56. The summed E-state index contributed by atoms with van der Waals surface area (Å²) in [5, 5.41) is 18.4. The maximum atomic E-state index is 12.2. The zero-order valence-corrected chi connectivity index (χ0v) is 15.7. The number of carbonyl (C=O) groups excluding carboxylic acids is 1. The minimum Gasteiger partial charge on any atom is -0.492 e. The second-order valence-electron chi connectivity index (χ2n) is 7.09. The summed E-state index contributed by atoms with van der Waals surface area (Å²) in [7, 11) is 0. The van der Waals surface area contributed by atoms with E-state index in [4.69, 9.17) is 14.6 Å². The molecule has 0 fully saturated rings. The number of aliphatic carboxylic acids is 1. The van der Waals surface area contributed by atoms with E-state index in [9.17, 15) is 14.9 Å². The molecule has 0 unspecified atom stereocenters. The number of carbonyl (C=O) groups is 2. The van der Waals surface area contributed by atoms with Crippen LogP contribution in [0.25, 0.3) is 0 Å². The number of hydrogen-bond acceptors (Lipinski definition) is 5. The van der Waals surface area contributed by atoms with E-state index in [0.29, 0.717) is 18.8 Å². The first-order chi connectivity index (χ1) is 12.2. The van der Waals surface area contributed by atoms with E-state index in [0.717, 1.165) is 11.3 Å². The van der Waals surface area contributed by atoms with Crippen molar-refractivity contribution < 1.29 is 24.2 Å². The molecule has 0 saturated heterocycles. The van der Waals surface area contributed by atoms with Crippen molar-refractivity contribution in [1.29, 1.82) is 5.26 Å². The molecule has 1 aromatic rings. The Morgan fingerprint density at radius 3 is 2.54 bits per heavy atom. The van der Waals surface area contributed by atoms with Crippen LogP contribution in [0.4, 0.5) is 10.5 Å². The van der Waals surface area contributed by atoms with Crippen LogP contribution in [-0.4, -0.2) is 36.9 Å². The van der Waals surface area contributed by atoms with Crippen molar-refractivity contribution in [3.05, 3.63) is 23.8 Å². The van der Waals surface area contributed by atoms with Crippen molar-refractivity contribution >= 4 is 17.7 Å². The van der Waals surface area contributed by atoms with Gasteiger partial charge in [-0.2, -0.15) is 5.26 Å². The molecule has 1 rings (SSSR count). The maximum absolute atomic E-state index is 12.2. The minimum absolute atomic E-state index is 0.0795. The van der Waals surface area contributed by atoms with Gasteiger partial charge in [0.1, 0.15) is 18.4 Å². The molecule has 7 nitrogen and oxygen atoms in total. The molecule has 26 heavy (non-hydrogen) atoms. The highest BCUT2D eigenvalue weighted by Crippen LogP contribution is 2.27. The number of amides is 1. The Balaban J connectivity index is 3.05. The molecule has 7 heteroatoms. The Labute approximate surface area is 154 Å². The summed E-state index contributed by atoms with van der Waals surface area (Å²) >= 11 is 0. The van der Waals surface area contributed by atoms with E-state index in [-0.39, 0.29) is 23.3 Å². The van der Waals surface area contributed by atoms with Gasteiger partial charge in [0.25, 0.3) is 0 Å². The molecule has 0 aromatic heterocycles. The molecule has 0 aliphatic rings. The molecule has 0 aliphatic carbocycles. The predicted octanol–water partition coefficient (Wildman–Crippen LogP) is 3.81. The lowest BCUT2D eigenvalue weighted by Gasteiger charge is -2.22. The standard InChI is InChI=1S/C19H26N2O5/c1-5-6-9-25-18(24)21(12-17(22)23)15-7-8-16(14(10-15)11-20)26-13-19(2,3)4/h7-8,10H,5-6,9,12-13H2,1-4H3,(H,22,23). The molecule has 0 spiro atoms. The van der Waals surface area contributed by atoms with Crippen molar-refractivity contribution in [3.63, 3.8) is 0 Å². The van der Waals surface area contributed by atoms with Crippen molar-refractivity contribution in [2.45, 2.75) is 40.5 Å². The summed E-state index contributed by atoms with van der Waals surface area (Å²) in [5.41, 5.74) is 0.418. The third-order valence-electron chi connectivity index (χ3n) is 3.29. The van der Waals surface area contributed by atoms with Crippen LogP contribution < -0.4 is 9.64 Å². The van der Waals surface area contributed by atoms with E-state index in [2.05, 4.69) is 0 Å². The zero-order chi connectivity index (χ0) is 19.7. The zero-order valence-electron chi connectivity index (χ0n) is 15.7. The molecular formula is C19H26N2O5. The highest BCUT2D eigenvalue weighted by atomic mass is 16.6. The Bertz CT molecular complexity index is 673. The van der Waals surface area contributed by atoms with Gasteiger partial charge >= 0.3 is 12.1 Å². The fraction of sp³-hybridized carbons (Fsp3) is 0.526.